The highest BCUT2D eigenvalue weighted by Gasteiger charge is 2.13. The van der Waals surface area contributed by atoms with E-state index in [2.05, 4.69) is 0 Å². The van der Waals surface area contributed by atoms with E-state index in [4.69, 9.17) is 16.7 Å². The van der Waals surface area contributed by atoms with Crippen molar-refractivity contribution in [3.8, 4) is 0 Å². The lowest BCUT2D eigenvalue weighted by Crippen LogP contribution is -2.30. The van der Waals surface area contributed by atoms with Gasteiger partial charge in [-0.2, -0.15) is 0 Å². The minimum absolute atomic E-state index is 0.0178. The largest absolute Gasteiger partial charge is 0.481 e. The van der Waals surface area contributed by atoms with Crippen LogP contribution in [0, 0.1) is 0 Å². The molecule has 0 heterocycles. The van der Waals surface area contributed by atoms with Gasteiger partial charge in [0, 0.05) is 30.1 Å². The van der Waals surface area contributed by atoms with Gasteiger partial charge in [-0.05, 0) is 37.6 Å². The van der Waals surface area contributed by atoms with Crippen LogP contribution in [-0.4, -0.2) is 23.5 Å². The fourth-order valence-corrected chi connectivity index (χ4v) is 1.78. The molecule has 4 nitrogen and oxygen atoms in total. The van der Waals surface area contributed by atoms with Crippen molar-refractivity contribution >= 4 is 29.2 Å². The maximum Gasteiger partial charge on any atom is 0.303 e. The second-order valence-electron chi connectivity index (χ2n) is 3.86. The van der Waals surface area contributed by atoms with Crippen LogP contribution in [0.3, 0.4) is 0 Å². The smallest absolute Gasteiger partial charge is 0.303 e. The normalized spacial score (nSPS) is 10.1. The van der Waals surface area contributed by atoms with Gasteiger partial charge < -0.3 is 10.0 Å². The lowest BCUT2D eigenvalue weighted by Gasteiger charge is -2.21. The number of carboxylic acid groups (broad SMARTS) is 1. The van der Waals surface area contributed by atoms with E-state index in [-0.39, 0.29) is 18.7 Å². The number of hydrogen-bond acceptors (Lipinski definition) is 2. The van der Waals surface area contributed by atoms with Gasteiger partial charge >= 0.3 is 5.97 Å². The Morgan fingerprint density at radius 2 is 1.83 bits per heavy atom. The summed E-state index contributed by atoms with van der Waals surface area (Å²) >= 11 is 5.79. The van der Waals surface area contributed by atoms with E-state index in [9.17, 15) is 9.59 Å². The molecule has 5 heteroatoms. The maximum absolute atomic E-state index is 11.9. The highest BCUT2D eigenvalue weighted by molar-refractivity contribution is 6.30. The molecular weight excluding hydrogens is 254 g/mol. The number of nitrogens with zero attached hydrogens (tertiary/aromatic N) is 1. The number of aliphatic carboxylic acids is 1. The Morgan fingerprint density at radius 3 is 2.33 bits per heavy atom. The van der Waals surface area contributed by atoms with Gasteiger partial charge in [-0.15, -0.1) is 0 Å². The highest BCUT2D eigenvalue weighted by atomic mass is 35.5. The Labute approximate surface area is 111 Å². The first-order valence-corrected chi connectivity index (χ1v) is 6.20. The lowest BCUT2D eigenvalue weighted by atomic mass is 10.2. The quantitative estimate of drug-likeness (QED) is 0.864. The van der Waals surface area contributed by atoms with Gasteiger partial charge in [-0.25, -0.2) is 0 Å². The van der Waals surface area contributed by atoms with Crippen molar-refractivity contribution in [1.82, 2.24) is 0 Å². The van der Waals surface area contributed by atoms with Crippen LogP contribution in [0.15, 0.2) is 24.3 Å². The third kappa shape index (κ3) is 4.37. The van der Waals surface area contributed by atoms with Crippen LogP contribution in [0.2, 0.25) is 5.02 Å². The molecule has 98 valence electrons. The number of benzene rings is 1. The summed E-state index contributed by atoms with van der Waals surface area (Å²) in [4.78, 5) is 24.0. The van der Waals surface area contributed by atoms with Crippen LogP contribution in [-0.2, 0) is 9.59 Å². The van der Waals surface area contributed by atoms with Crippen molar-refractivity contribution < 1.29 is 14.7 Å². The fraction of sp³-hybridized carbons (Fsp3) is 0.385. The first-order valence-electron chi connectivity index (χ1n) is 5.82. The molecule has 0 aliphatic carbocycles. The number of rotatable bonds is 6. The second-order valence-corrected chi connectivity index (χ2v) is 4.30. The van der Waals surface area contributed by atoms with Gasteiger partial charge in [-0.1, -0.05) is 11.6 Å². The predicted octanol–water partition coefficient (Wildman–Crippen LogP) is 2.95. The average Bonchev–Trinajstić information content (AvgIpc) is 2.32. The van der Waals surface area contributed by atoms with Gasteiger partial charge in [0.05, 0.1) is 0 Å². The van der Waals surface area contributed by atoms with Crippen LogP contribution >= 0.6 is 11.6 Å². The molecule has 18 heavy (non-hydrogen) atoms. The summed E-state index contributed by atoms with van der Waals surface area (Å²) in [5.74, 6) is -0.946. The molecule has 0 bridgehead atoms. The molecule has 1 amide bonds. The molecule has 0 aliphatic heterocycles. The van der Waals surface area contributed by atoms with Crippen LogP contribution in [0.5, 0.6) is 0 Å². The summed E-state index contributed by atoms with van der Waals surface area (Å²) in [6.45, 7) is 2.43. The van der Waals surface area contributed by atoms with Gasteiger partial charge in [0.1, 0.15) is 0 Å². The predicted molar refractivity (Wildman–Crippen MR) is 71.0 cm³/mol. The van der Waals surface area contributed by atoms with Crippen molar-refractivity contribution in [3.05, 3.63) is 29.3 Å². The second kappa shape index (κ2) is 7.01. The molecule has 1 N–H and O–H groups in total. The van der Waals surface area contributed by atoms with E-state index in [1.54, 1.807) is 29.2 Å². The van der Waals surface area contributed by atoms with E-state index in [1.165, 1.54) is 0 Å². The zero-order chi connectivity index (χ0) is 13.5. The van der Waals surface area contributed by atoms with Crippen molar-refractivity contribution in [3.63, 3.8) is 0 Å². The molecule has 0 aromatic heterocycles. The molecule has 1 aromatic carbocycles. The van der Waals surface area contributed by atoms with Crippen LogP contribution in [0.1, 0.15) is 26.2 Å². The van der Waals surface area contributed by atoms with Crippen LogP contribution < -0.4 is 4.90 Å². The Kier molecular flexibility index (Phi) is 5.65. The number of halogens is 1. The molecule has 0 radical (unpaired) electrons. The highest BCUT2D eigenvalue weighted by Crippen LogP contribution is 2.19. The molecule has 1 rings (SSSR count). The van der Waals surface area contributed by atoms with Gasteiger partial charge in [0.15, 0.2) is 0 Å². The maximum atomic E-state index is 11.9. The Morgan fingerprint density at radius 1 is 1.22 bits per heavy atom. The van der Waals surface area contributed by atoms with E-state index < -0.39 is 5.97 Å². The number of amides is 1. The van der Waals surface area contributed by atoms with Crippen molar-refractivity contribution in [2.45, 2.75) is 26.2 Å². The summed E-state index contributed by atoms with van der Waals surface area (Å²) in [6, 6.07) is 7.01. The monoisotopic (exact) mass is 269 g/mol. The summed E-state index contributed by atoms with van der Waals surface area (Å²) in [5, 5.41) is 9.15. The van der Waals surface area contributed by atoms with Gasteiger partial charge in [0.25, 0.3) is 0 Å². The minimum Gasteiger partial charge on any atom is -0.481 e. The molecule has 0 unspecified atom stereocenters. The van der Waals surface area contributed by atoms with Crippen LogP contribution in [0.4, 0.5) is 5.69 Å². The van der Waals surface area contributed by atoms with E-state index in [1.807, 2.05) is 6.92 Å². The van der Waals surface area contributed by atoms with E-state index >= 15 is 0 Å². The zero-order valence-electron chi connectivity index (χ0n) is 10.2. The molecule has 0 atom stereocenters. The minimum atomic E-state index is -0.877. The fourth-order valence-electron chi connectivity index (χ4n) is 1.65. The lowest BCUT2D eigenvalue weighted by molar-refractivity contribution is -0.137. The summed E-state index contributed by atoms with van der Waals surface area (Å²) < 4.78 is 0. The molecule has 0 saturated heterocycles. The molecule has 1 aromatic rings. The average molecular weight is 270 g/mol. The summed E-state index contributed by atoms with van der Waals surface area (Å²) in [5.41, 5.74) is 0.780. The van der Waals surface area contributed by atoms with E-state index in [0.29, 0.717) is 18.0 Å². The molecule has 0 aliphatic rings. The van der Waals surface area contributed by atoms with Crippen LogP contribution in [0.25, 0.3) is 0 Å². The van der Waals surface area contributed by atoms with Gasteiger partial charge in [0.2, 0.25) is 5.91 Å². The van der Waals surface area contributed by atoms with Crippen molar-refractivity contribution in [1.29, 1.82) is 0 Å². The van der Waals surface area contributed by atoms with Crippen molar-refractivity contribution in [2.24, 2.45) is 0 Å². The van der Waals surface area contributed by atoms with Gasteiger partial charge in [-0.3, -0.25) is 9.59 Å². The summed E-state index contributed by atoms with van der Waals surface area (Å²) in [7, 11) is 0. The molecule has 0 saturated carbocycles. The zero-order valence-corrected chi connectivity index (χ0v) is 11.0. The molecular formula is C13H16ClNO3. The number of anilines is 1. The standard InChI is InChI=1S/C13H16ClNO3/c1-2-15(11-8-6-10(14)7-9-11)12(16)4-3-5-13(17)18/h6-9H,2-5H2,1H3,(H,17,18). The third-order valence-electron chi connectivity index (χ3n) is 2.54. The first-order chi connectivity index (χ1) is 8.54. The summed E-state index contributed by atoms with van der Waals surface area (Å²) in [6.07, 6.45) is 0.616. The number of carbonyl (C=O) groups is 2. The number of carbonyl (C=O) groups excluding carboxylic acids is 1. The first kappa shape index (κ1) is 14.5. The Bertz CT molecular complexity index is 417. The SMILES string of the molecule is CCN(C(=O)CCCC(=O)O)c1ccc(Cl)cc1. The number of carboxylic acids is 1. The topological polar surface area (TPSA) is 57.6 Å². The molecule has 0 spiro atoms. The molecule has 0 fully saturated rings. The van der Waals surface area contributed by atoms with Crippen molar-refractivity contribution in [2.75, 3.05) is 11.4 Å². The third-order valence-corrected chi connectivity index (χ3v) is 2.79. The van der Waals surface area contributed by atoms with E-state index in [0.717, 1.165) is 5.69 Å². The Balaban J connectivity index is 2.62. The number of hydrogen-bond donors (Lipinski definition) is 1. The Hall–Kier alpha value is -1.55.